The Hall–Kier alpha value is -2.08. The van der Waals surface area contributed by atoms with Gasteiger partial charge in [-0.2, -0.15) is 0 Å². The van der Waals surface area contributed by atoms with Crippen LogP contribution < -0.4 is 5.32 Å². The van der Waals surface area contributed by atoms with Gasteiger partial charge in [-0.1, -0.05) is 23.8 Å². The van der Waals surface area contributed by atoms with Crippen LogP contribution in [0.3, 0.4) is 0 Å². The van der Waals surface area contributed by atoms with Crippen LogP contribution in [0.25, 0.3) is 0 Å². The van der Waals surface area contributed by atoms with Crippen LogP contribution in [0.15, 0.2) is 40.8 Å². The molecule has 146 valence electrons. The van der Waals surface area contributed by atoms with E-state index < -0.39 is 12.1 Å². The summed E-state index contributed by atoms with van der Waals surface area (Å²) >= 11 is 1.29. The van der Waals surface area contributed by atoms with Crippen molar-refractivity contribution in [3.05, 3.63) is 41.5 Å². The van der Waals surface area contributed by atoms with Crippen LogP contribution in [0.2, 0.25) is 0 Å². The average molecular weight is 390 g/mol. The lowest BCUT2D eigenvalue weighted by Gasteiger charge is -2.16. The number of thioether (sulfide) groups is 1. The predicted molar refractivity (Wildman–Crippen MR) is 107 cm³/mol. The number of rotatable bonds is 9. The molecule has 1 aromatic carbocycles. The van der Waals surface area contributed by atoms with Gasteiger partial charge in [-0.15, -0.1) is 11.8 Å². The molecule has 1 aromatic rings. The number of hydrogen-bond donors (Lipinski definition) is 1. The minimum atomic E-state index is -0.872. The highest BCUT2D eigenvalue weighted by molar-refractivity contribution is 8.00. The maximum Gasteiger partial charge on any atom is 0.340 e. The molecular formula is C21H27NO4S. The van der Waals surface area contributed by atoms with E-state index in [1.54, 1.807) is 31.2 Å². The lowest BCUT2D eigenvalue weighted by atomic mass is 9.97. The van der Waals surface area contributed by atoms with E-state index in [4.69, 9.17) is 4.74 Å². The number of esters is 1. The summed E-state index contributed by atoms with van der Waals surface area (Å²) in [4.78, 5) is 36.5. The fraction of sp³-hybridized carbons (Fsp3) is 0.476. The van der Waals surface area contributed by atoms with Gasteiger partial charge < -0.3 is 10.1 Å². The van der Waals surface area contributed by atoms with Gasteiger partial charge in [-0.25, -0.2) is 4.79 Å². The molecule has 0 spiro atoms. The number of allylic oxidation sites excluding steroid dienone is 1. The first kappa shape index (κ1) is 21.2. The summed E-state index contributed by atoms with van der Waals surface area (Å²) in [6.07, 6.45) is 6.92. The second kappa shape index (κ2) is 10.9. The van der Waals surface area contributed by atoms with Gasteiger partial charge in [0.1, 0.15) is 5.78 Å². The minimum absolute atomic E-state index is 0.0315. The lowest BCUT2D eigenvalue weighted by Crippen LogP contribution is -2.36. The third-order valence-electron chi connectivity index (χ3n) is 4.32. The van der Waals surface area contributed by atoms with Crippen molar-refractivity contribution in [2.45, 2.75) is 57.0 Å². The van der Waals surface area contributed by atoms with E-state index in [0.29, 0.717) is 17.0 Å². The van der Waals surface area contributed by atoms with E-state index in [1.807, 2.05) is 0 Å². The first-order valence-electron chi connectivity index (χ1n) is 9.35. The number of carbonyl (C=O) groups excluding carboxylic acids is 3. The SMILES string of the molecule is CC(=O)CSc1ccccc1C(=O)O[C@H](C)C(=O)NCCC1=CCCCC1. The summed E-state index contributed by atoms with van der Waals surface area (Å²) in [5.41, 5.74) is 1.76. The first-order chi connectivity index (χ1) is 13.0. The number of amides is 1. The number of Topliss-reactive ketones (excluding diaryl/α,β-unsaturated/α-hetero) is 1. The zero-order chi connectivity index (χ0) is 19.6. The molecular weight excluding hydrogens is 362 g/mol. The molecule has 1 aliphatic rings. The largest absolute Gasteiger partial charge is 0.449 e. The molecule has 2 rings (SSSR count). The monoisotopic (exact) mass is 389 g/mol. The number of ether oxygens (including phenoxy) is 1. The van der Waals surface area contributed by atoms with Crippen molar-refractivity contribution in [3.63, 3.8) is 0 Å². The molecule has 0 aliphatic heterocycles. The Morgan fingerprint density at radius 1 is 1.22 bits per heavy atom. The van der Waals surface area contributed by atoms with Gasteiger partial charge in [-0.3, -0.25) is 9.59 Å². The van der Waals surface area contributed by atoms with Crippen LogP contribution in [0.5, 0.6) is 0 Å². The van der Waals surface area contributed by atoms with Crippen molar-refractivity contribution in [1.82, 2.24) is 5.32 Å². The Balaban J connectivity index is 1.84. The van der Waals surface area contributed by atoms with E-state index in [9.17, 15) is 14.4 Å². The van der Waals surface area contributed by atoms with Gasteiger partial charge in [-0.05, 0) is 58.1 Å². The fourth-order valence-corrected chi connectivity index (χ4v) is 3.68. The summed E-state index contributed by atoms with van der Waals surface area (Å²) < 4.78 is 5.32. The topological polar surface area (TPSA) is 72.5 Å². The summed E-state index contributed by atoms with van der Waals surface area (Å²) in [6, 6.07) is 6.95. The number of ketones is 1. The number of carbonyl (C=O) groups is 3. The third-order valence-corrected chi connectivity index (χ3v) is 5.54. The van der Waals surface area contributed by atoms with Crippen molar-refractivity contribution in [1.29, 1.82) is 0 Å². The van der Waals surface area contributed by atoms with Crippen LogP contribution >= 0.6 is 11.8 Å². The smallest absolute Gasteiger partial charge is 0.340 e. The summed E-state index contributed by atoms with van der Waals surface area (Å²) in [5, 5.41) is 2.83. The lowest BCUT2D eigenvalue weighted by molar-refractivity contribution is -0.129. The molecule has 0 bridgehead atoms. The van der Waals surface area contributed by atoms with Gasteiger partial charge in [0.05, 0.1) is 11.3 Å². The molecule has 1 aliphatic carbocycles. The Morgan fingerprint density at radius 2 is 2.00 bits per heavy atom. The maximum atomic E-state index is 12.4. The van der Waals surface area contributed by atoms with E-state index >= 15 is 0 Å². The normalized spacial score (nSPS) is 14.8. The molecule has 0 fully saturated rings. The Labute approximate surface area is 164 Å². The molecule has 0 heterocycles. The van der Waals surface area contributed by atoms with Gasteiger partial charge in [0.15, 0.2) is 6.10 Å². The fourth-order valence-electron chi connectivity index (χ4n) is 2.84. The third kappa shape index (κ3) is 7.21. The standard InChI is InChI=1S/C21H27NO4S/c1-15(23)14-27-19-11-7-6-10-18(19)21(25)26-16(2)20(24)22-13-12-17-8-4-3-5-9-17/h6-8,10-11,16H,3-5,9,12-14H2,1-2H3,(H,22,24)/t16-/m1/s1. The molecule has 27 heavy (non-hydrogen) atoms. The summed E-state index contributed by atoms with van der Waals surface area (Å²) in [5.74, 6) is -0.534. The minimum Gasteiger partial charge on any atom is -0.449 e. The maximum absolute atomic E-state index is 12.4. The molecule has 6 heteroatoms. The number of benzene rings is 1. The van der Waals surface area contributed by atoms with Crippen molar-refractivity contribution in [3.8, 4) is 0 Å². The molecule has 0 aromatic heterocycles. The van der Waals surface area contributed by atoms with Crippen LogP contribution in [-0.2, 0) is 14.3 Å². The van der Waals surface area contributed by atoms with Gasteiger partial charge in [0.2, 0.25) is 0 Å². The molecule has 1 amide bonds. The molecule has 0 saturated heterocycles. The van der Waals surface area contributed by atoms with Crippen LogP contribution in [0.1, 0.15) is 56.3 Å². The Kier molecular flexibility index (Phi) is 8.58. The Bertz CT molecular complexity index is 714. The molecule has 5 nitrogen and oxygen atoms in total. The van der Waals surface area contributed by atoms with Crippen molar-refractivity contribution in [2.24, 2.45) is 0 Å². The average Bonchev–Trinajstić information content (AvgIpc) is 2.67. The molecule has 0 unspecified atom stereocenters. The summed E-state index contributed by atoms with van der Waals surface area (Å²) in [7, 11) is 0. The quantitative estimate of drug-likeness (QED) is 0.394. The van der Waals surface area contributed by atoms with Gasteiger partial charge >= 0.3 is 5.97 Å². The highest BCUT2D eigenvalue weighted by atomic mass is 32.2. The molecule has 0 saturated carbocycles. The van der Waals surface area contributed by atoms with E-state index in [0.717, 1.165) is 19.3 Å². The zero-order valence-electron chi connectivity index (χ0n) is 16.0. The van der Waals surface area contributed by atoms with Crippen molar-refractivity contribution >= 4 is 29.4 Å². The first-order valence-corrected chi connectivity index (χ1v) is 10.3. The predicted octanol–water partition coefficient (Wildman–Crippen LogP) is 3.92. The highest BCUT2D eigenvalue weighted by Gasteiger charge is 2.21. The second-order valence-electron chi connectivity index (χ2n) is 6.68. The van der Waals surface area contributed by atoms with E-state index in [2.05, 4.69) is 11.4 Å². The molecule has 0 radical (unpaired) electrons. The van der Waals surface area contributed by atoms with Gasteiger partial charge in [0.25, 0.3) is 5.91 Å². The van der Waals surface area contributed by atoms with Crippen LogP contribution in [-0.4, -0.2) is 36.1 Å². The van der Waals surface area contributed by atoms with Gasteiger partial charge in [0, 0.05) is 11.4 Å². The van der Waals surface area contributed by atoms with Crippen molar-refractivity contribution < 1.29 is 19.1 Å². The Morgan fingerprint density at radius 3 is 2.70 bits per heavy atom. The van der Waals surface area contributed by atoms with Crippen LogP contribution in [0.4, 0.5) is 0 Å². The van der Waals surface area contributed by atoms with E-state index in [1.165, 1.54) is 37.1 Å². The second-order valence-corrected chi connectivity index (χ2v) is 7.70. The zero-order valence-corrected chi connectivity index (χ0v) is 16.8. The van der Waals surface area contributed by atoms with Crippen molar-refractivity contribution in [2.75, 3.05) is 12.3 Å². The molecule has 1 N–H and O–H groups in total. The number of nitrogens with one attached hydrogen (secondary N) is 1. The summed E-state index contributed by atoms with van der Waals surface area (Å²) in [6.45, 7) is 3.62. The van der Waals surface area contributed by atoms with E-state index in [-0.39, 0.29) is 17.4 Å². The highest BCUT2D eigenvalue weighted by Crippen LogP contribution is 2.24. The number of hydrogen-bond acceptors (Lipinski definition) is 5. The molecule has 1 atom stereocenters. The van der Waals surface area contributed by atoms with Crippen LogP contribution in [0, 0.1) is 0 Å².